The molecule has 132 valence electrons. The van der Waals surface area contributed by atoms with Gasteiger partial charge in [0.05, 0.1) is 27.7 Å². The zero-order chi connectivity index (χ0) is 18.3. The second-order valence-corrected chi connectivity index (χ2v) is 7.48. The summed E-state index contributed by atoms with van der Waals surface area (Å²) < 4.78 is 8.40. The number of hydrogen-bond donors (Lipinski definition) is 0. The summed E-state index contributed by atoms with van der Waals surface area (Å²) in [5.41, 5.74) is 2.79. The number of nitrogens with zero attached hydrogens (tertiary/aromatic N) is 4. The van der Waals surface area contributed by atoms with Crippen LogP contribution in [0.1, 0.15) is 40.9 Å². The van der Waals surface area contributed by atoms with Crippen LogP contribution in [0.5, 0.6) is 0 Å². The van der Waals surface area contributed by atoms with E-state index in [1.54, 1.807) is 12.3 Å². The molecule has 0 atom stereocenters. The van der Waals surface area contributed by atoms with Gasteiger partial charge in [0.2, 0.25) is 0 Å². The summed E-state index contributed by atoms with van der Waals surface area (Å²) in [5, 5.41) is 5.95. The SMILES string of the molecule is Cc1nc2c(cnn2C(C)C)cc1C(=O)OCc1nc2ccccc2s1. The molecule has 7 heteroatoms. The Kier molecular flexibility index (Phi) is 4.16. The molecule has 0 aliphatic carbocycles. The Morgan fingerprint density at radius 1 is 1.27 bits per heavy atom. The van der Waals surface area contributed by atoms with E-state index in [9.17, 15) is 4.79 Å². The first-order valence-electron chi connectivity index (χ1n) is 8.39. The van der Waals surface area contributed by atoms with Crippen molar-refractivity contribution in [2.75, 3.05) is 0 Å². The number of esters is 1. The van der Waals surface area contributed by atoms with Crippen molar-refractivity contribution in [2.45, 2.75) is 33.4 Å². The number of para-hydroxylation sites is 1. The van der Waals surface area contributed by atoms with Crippen molar-refractivity contribution in [1.29, 1.82) is 0 Å². The number of rotatable bonds is 4. The van der Waals surface area contributed by atoms with Crippen LogP contribution in [-0.2, 0) is 11.3 Å². The summed E-state index contributed by atoms with van der Waals surface area (Å²) in [5.74, 6) is -0.395. The largest absolute Gasteiger partial charge is 0.455 e. The predicted octanol–water partition coefficient (Wildman–Crippen LogP) is 4.29. The third-order valence-electron chi connectivity index (χ3n) is 4.13. The Balaban J connectivity index is 1.56. The van der Waals surface area contributed by atoms with E-state index in [0.29, 0.717) is 11.3 Å². The highest BCUT2D eigenvalue weighted by molar-refractivity contribution is 7.18. The lowest BCUT2D eigenvalue weighted by Gasteiger charge is -2.09. The maximum Gasteiger partial charge on any atom is 0.340 e. The number of hydrogen-bond acceptors (Lipinski definition) is 6. The molecular weight excluding hydrogens is 348 g/mol. The minimum Gasteiger partial charge on any atom is -0.455 e. The second-order valence-electron chi connectivity index (χ2n) is 6.37. The van der Waals surface area contributed by atoms with Crippen LogP contribution in [0.2, 0.25) is 0 Å². The highest BCUT2D eigenvalue weighted by Gasteiger charge is 2.17. The number of aryl methyl sites for hydroxylation is 1. The van der Waals surface area contributed by atoms with Gasteiger partial charge in [0.1, 0.15) is 11.6 Å². The topological polar surface area (TPSA) is 69.9 Å². The van der Waals surface area contributed by atoms with Crippen LogP contribution in [0.4, 0.5) is 0 Å². The van der Waals surface area contributed by atoms with E-state index in [1.165, 1.54) is 11.3 Å². The Labute approximate surface area is 154 Å². The smallest absolute Gasteiger partial charge is 0.340 e. The summed E-state index contributed by atoms with van der Waals surface area (Å²) in [4.78, 5) is 21.6. The molecule has 26 heavy (non-hydrogen) atoms. The molecule has 0 saturated heterocycles. The third kappa shape index (κ3) is 2.94. The average molecular weight is 366 g/mol. The van der Waals surface area contributed by atoms with Crippen LogP contribution in [0.3, 0.4) is 0 Å². The van der Waals surface area contributed by atoms with E-state index in [-0.39, 0.29) is 12.6 Å². The van der Waals surface area contributed by atoms with Gasteiger partial charge in [-0.05, 0) is 39.0 Å². The summed E-state index contributed by atoms with van der Waals surface area (Å²) in [6.07, 6.45) is 1.73. The number of carbonyl (C=O) groups is 1. The van der Waals surface area contributed by atoms with Gasteiger partial charge in [0.25, 0.3) is 0 Å². The first-order valence-corrected chi connectivity index (χ1v) is 9.21. The zero-order valence-electron chi connectivity index (χ0n) is 14.8. The van der Waals surface area contributed by atoms with E-state index in [0.717, 1.165) is 26.3 Å². The number of thiazole rings is 1. The third-order valence-corrected chi connectivity index (χ3v) is 5.14. The zero-order valence-corrected chi connectivity index (χ0v) is 15.6. The first-order chi connectivity index (χ1) is 12.5. The maximum absolute atomic E-state index is 12.5. The van der Waals surface area contributed by atoms with Gasteiger partial charge in [0.15, 0.2) is 5.65 Å². The van der Waals surface area contributed by atoms with E-state index in [1.807, 2.05) is 49.7 Å². The molecule has 0 fully saturated rings. The number of ether oxygens (including phenoxy) is 1. The summed E-state index contributed by atoms with van der Waals surface area (Å²) in [6, 6.07) is 9.87. The van der Waals surface area contributed by atoms with Crippen molar-refractivity contribution in [3.05, 3.63) is 52.8 Å². The van der Waals surface area contributed by atoms with Gasteiger partial charge in [-0.3, -0.25) is 0 Å². The summed E-state index contributed by atoms with van der Waals surface area (Å²) in [7, 11) is 0. The Bertz CT molecular complexity index is 1080. The van der Waals surface area contributed by atoms with Crippen molar-refractivity contribution in [2.24, 2.45) is 0 Å². The molecule has 3 heterocycles. The fourth-order valence-corrected chi connectivity index (χ4v) is 3.72. The molecule has 1 aromatic carbocycles. The lowest BCUT2D eigenvalue weighted by atomic mass is 10.2. The fraction of sp³-hybridized carbons (Fsp3) is 0.263. The van der Waals surface area contributed by atoms with Crippen molar-refractivity contribution in [3.63, 3.8) is 0 Å². The number of aromatic nitrogens is 4. The van der Waals surface area contributed by atoms with E-state index in [4.69, 9.17) is 4.74 Å². The van der Waals surface area contributed by atoms with Gasteiger partial charge in [-0.2, -0.15) is 5.10 Å². The molecule has 0 spiro atoms. The molecule has 0 unspecified atom stereocenters. The molecule has 3 aromatic heterocycles. The van der Waals surface area contributed by atoms with Crippen LogP contribution in [-0.4, -0.2) is 25.7 Å². The molecule has 0 amide bonds. The molecule has 4 rings (SSSR count). The normalized spacial score (nSPS) is 11.5. The van der Waals surface area contributed by atoms with Gasteiger partial charge in [0, 0.05) is 11.4 Å². The van der Waals surface area contributed by atoms with Crippen LogP contribution in [0, 0.1) is 6.92 Å². The highest BCUT2D eigenvalue weighted by Crippen LogP contribution is 2.23. The van der Waals surface area contributed by atoms with Crippen molar-refractivity contribution >= 4 is 38.6 Å². The van der Waals surface area contributed by atoms with Gasteiger partial charge < -0.3 is 4.74 Å². The van der Waals surface area contributed by atoms with Crippen molar-refractivity contribution in [3.8, 4) is 0 Å². The molecule has 4 aromatic rings. The van der Waals surface area contributed by atoms with E-state index >= 15 is 0 Å². The van der Waals surface area contributed by atoms with Crippen LogP contribution >= 0.6 is 11.3 Å². The molecule has 0 bridgehead atoms. The van der Waals surface area contributed by atoms with Crippen LogP contribution in [0.25, 0.3) is 21.3 Å². The van der Waals surface area contributed by atoms with Crippen LogP contribution < -0.4 is 0 Å². The number of carbonyl (C=O) groups excluding carboxylic acids is 1. The lowest BCUT2D eigenvalue weighted by molar-refractivity contribution is 0.0471. The summed E-state index contributed by atoms with van der Waals surface area (Å²) in [6.45, 7) is 6.06. The monoisotopic (exact) mass is 366 g/mol. The molecule has 6 nitrogen and oxygen atoms in total. The first kappa shape index (κ1) is 16.7. The highest BCUT2D eigenvalue weighted by atomic mass is 32.1. The average Bonchev–Trinajstić information content (AvgIpc) is 3.22. The van der Waals surface area contributed by atoms with Crippen molar-refractivity contribution in [1.82, 2.24) is 19.7 Å². The van der Waals surface area contributed by atoms with Gasteiger partial charge in [-0.1, -0.05) is 12.1 Å². The Morgan fingerprint density at radius 2 is 2.08 bits per heavy atom. The Morgan fingerprint density at radius 3 is 2.85 bits per heavy atom. The lowest BCUT2D eigenvalue weighted by Crippen LogP contribution is -2.09. The van der Waals surface area contributed by atoms with Crippen molar-refractivity contribution < 1.29 is 9.53 Å². The second kappa shape index (κ2) is 6.49. The molecular formula is C19H18N4O2S. The molecule has 0 N–H and O–H groups in total. The predicted molar refractivity (Wildman–Crippen MR) is 101 cm³/mol. The minimum absolute atomic E-state index is 0.154. The van der Waals surface area contributed by atoms with E-state index < -0.39 is 5.97 Å². The van der Waals surface area contributed by atoms with Crippen LogP contribution in [0.15, 0.2) is 36.5 Å². The van der Waals surface area contributed by atoms with Gasteiger partial charge in [-0.25, -0.2) is 19.4 Å². The molecule has 0 saturated carbocycles. The van der Waals surface area contributed by atoms with Gasteiger partial charge in [-0.15, -0.1) is 11.3 Å². The summed E-state index contributed by atoms with van der Waals surface area (Å²) >= 11 is 1.53. The van der Waals surface area contributed by atoms with E-state index in [2.05, 4.69) is 15.1 Å². The van der Waals surface area contributed by atoms with Gasteiger partial charge >= 0.3 is 5.97 Å². The maximum atomic E-state index is 12.5. The number of fused-ring (bicyclic) bond motifs is 2. The number of benzene rings is 1. The minimum atomic E-state index is -0.395. The standard InChI is InChI=1S/C19H18N4O2S/c1-11(2)23-18-13(9-20-23)8-14(12(3)21-18)19(24)25-10-17-22-15-6-4-5-7-16(15)26-17/h4-9,11H,10H2,1-3H3. The Hall–Kier alpha value is -2.80. The number of pyridine rings is 1. The molecule has 0 aliphatic heterocycles. The molecule has 0 aliphatic rings. The fourth-order valence-electron chi connectivity index (χ4n) is 2.84. The quantitative estimate of drug-likeness (QED) is 0.504. The molecule has 0 radical (unpaired) electrons.